The molecule has 0 heterocycles. The maximum atomic E-state index is 12.7. The maximum Gasteiger partial charge on any atom is 0.522 e. The Bertz CT molecular complexity index is 954. The van der Waals surface area contributed by atoms with Gasteiger partial charge in [-0.15, -0.1) is 0 Å². The molecule has 0 aromatic heterocycles. The lowest BCUT2D eigenvalue weighted by Crippen LogP contribution is -2.21. The molecule has 0 unspecified atom stereocenters. The molecule has 0 fully saturated rings. The molecular weight excluding hydrogens is 427 g/mol. The van der Waals surface area contributed by atoms with Gasteiger partial charge in [-0.2, -0.15) is 21.6 Å². The molecule has 3 nitrogen and oxygen atoms in total. The van der Waals surface area contributed by atoms with E-state index in [1.54, 1.807) is 0 Å². The lowest BCUT2D eigenvalue weighted by Gasteiger charge is -2.19. The molecule has 0 spiro atoms. The summed E-state index contributed by atoms with van der Waals surface area (Å²) in [5, 5.41) is 3.87. The highest BCUT2D eigenvalue weighted by Crippen LogP contribution is 2.32. The Morgan fingerprint density at radius 2 is 1.07 bits per heavy atom. The van der Waals surface area contributed by atoms with Crippen LogP contribution in [0.3, 0.4) is 0 Å². The van der Waals surface area contributed by atoms with Crippen molar-refractivity contribution in [2.75, 3.05) is 0 Å². The minimum Gasteiger partial charge on any atom is -0.279 e. The van der Waals surface area contributed by atoms with Crippen molar-refractivity contribution in [3.05, 3.63) is 90.5 Å². The summed E-state index contributed by atoms with van der Waals surface area (Å²) in [4.78, 5) is 0. The van der Waals surface area contributed by atoms with Crippen molar-refractivity contribution in [3.8, 4) is 0 Å². The summed E-state index contributed by atoms with van der Waals surface area (Å²) in [6.07, 6.45) is 0. The summed E-state index contributed by atoms with van der Waals surface area (Å²) in [6.45, 7) is -0.408. The Labute approximate surface area is 167 Å². The van der Waals surface area contributed by atoms with Crippen LogP contribution in [0, 0.1) is 0 Å². The summed E-state index contributed by atoms with van der Waals surface area (Å²) in [5.41, 5.74) is -4.80. The van der Waals surface area contributed by atoms with E-state index in [9.17, 15) is 17.6 Å². The second kappa shape index (κ2) is 9.96. The summed E-state index contributed by atoms with van der Waals surface area (Å²) < 4.78 is 70.3. The van der Waals surface area contributed by atoms with Crippen LogP contribution in [0.4, 0.5) is 17.6 Å². The van der Waals surface area contributed by atoms with Crippen LogP contribution in [0.2, 0.25) is 0 Å². The molecule has 0 amide bonds. The average molecular weight is 444 g/mol. The number of alkyl halides is 4. The SMILES string of the molecule is FCc1ccc(P(c2ccccc2)c2ccccc2)cc1.O=S(=O)(O)C(F)(F)F. The summed E-state index contributed by atoms with van der Waals surface area (Å²) >= 11 is 0. The van der Waals surface area contributed by atoms with Crippen molar-refractivity contribution in [1.29, 1.82) is 0 Å². The molecule has 0 radical (unpaired) electrons. The number of rotatable bonds is 4. The van der Waals surface area contributed by atoms with Crippen LogP contribution in [0.25, 0.3) is 0 Å². The van der Waals surface area contributed by atoms with Crippen molar-refractivity contribution in [3.63, 3.8) is 0 Å². The van der Waals surface area contributed by atoms with E-state index < -0.39 is 30.2 Å². The zero-order valence-electron chi connectivity index (χ0n) is 14.9. The first-order chi connectivity index (χ1) is 13.6. The zero-order chi connectivity index (χ0) is 21.5. The van der Waals surface area contributed by atoms with Gasteiger partial charge in [-0.25, -0.2) is 4.39 Å². The number of hydrogen-bond donors (Lipinski definition) is 1. The molecule has 154 valence electrons. The van der Waals surface area contributed by atoms with Crippen LogP contribution in [0.1, 0.15) is 5.56 Å². The predicted molar refractivity (Wildman–Crippen MR) is 108 cm³/mol. The lowest BCUT2D eigenvalue weighted by atomic mass is 10.2. The molecule has 3 aromatic carbocycles. The molecule has 0 aliphatic rings. The second-order valence-corrected chi connectivity index (χ2v) is 9.36. The number of benzene rings is 3. The van der Waals surface area contributed by atoms with Gasteiger partial charge in [-0.1, -0.05) is 84.9 Å². The molecule has 9 heteroatoms. The molecule has 29 heavy (non-hydrogen) atoms. The van der Waals surface area contributed by atoms with Crippen LogP contribution in [-0.2, 0) is 16.8 Å². The van der Waals surface area contributed by atoms with E-state index in [-0.39, 0.29) is 0 Å². The molecule has 3 aromatic rings. The van der Waals surface area contributed by atoms with E-state index in [0.29, 0.717) is 0 Å². The minimum absolute atomic E-state index is 0.408. The average Bonchev–Trinajstić information content (AvgIpc) is 2.69. The van der Waals surface area contributed by atoms with E-state index in [2.05, 4.69) is 60.7 Å². The predicted octanol–water partition coefficient (Wildman–Crippen LogP) is 4.31. The fourth-order valence-corrected chi connectivity index (χ4v) is 4.62. The zero-order valence-corrected chi connectivity index (χ0v) is 16.6. The van der Waals surface area contributed by atoms with E-state index >= 15 is 0 Å². The van der Waals surface area contributed by atoms with Crippen molar-refractivity contribution >= 4 is 34.0 Å². The molecule has 0 aliphatic heterocycles. The summed E-state index contributed by atoms with van der Waals surface area (Å²) in [5.74, 6) is 0. The minimum atomic E-state index is -5.84. The summed E-state index contributed by atoms with van der Waals surface area (Å²) in [7, 11) is -6.43. The van der Waals surface area contributed by atoms with E-state index in [1.165, 1.54) is 15.9 Å². The third-order valence-corrected chi connectivity index (χ3v) is 6.70. The number of hydrogen-bond acceptors (Lipinski definition) is 2. The largest absolute Gasteiger partial charge is 0.522 e. The molecular formula is C20H17F4O3PS. The smallest absolute Gasteiger partial charge is 0.279 e. The monoisotopic (exact) mass is 444 g/mol. The van der Waals surface area contributed by atoms with Crippen molar-refractivity contribution < 1.29 is 30.5 Å². The topological polar surface area (TPSA) is 54.4 Å². The van der Waals surface area contributed by atoms with Crippen molar-refractivity contribution in [2.24, 2.45) is 0 Å². The quantitative estimate of drug-likeness (QED) is 0.283. The van der Waals surface area contributed by atoms with E-state index in [0.717, 1.165) is 5.56 Å². The fraction of sp³-hybridized carbons (Fsp3) is 0.100. The second-order valence-electron chi connectivity index (χ2n) is 5.73. The van der Waals surface area contributed by atoms with Crippen LogP contribution >= 0.6 is 7.92 Å². The lowest BCUT2D eigenvalue weighted by molar-refractivity contribution is -0.0510. The van der Waals surface area contributed by atoms with Crippen LogP contribution in [0.5, 0.6) is 0 Å². The van der Waals surface area contributed by atoms with Crippen LogP contribution in [-0.4, -0.2) is 18.5 Å². The van der Waals surface area contributed by atoms with Gasteiger partial charge in [0, 0.05) is 0 Å². The molecule has 0 bridgehead atoms. The van der Waals surface area contributed by atoms with E-state index in [1.807, 2.05) is 24.3 Å². The molecule has 0 atom stereocenters. The van der Waals surface area contributed by atoms with Gasteiger partial charge in [-0.3, -0.25) is 4.55 Å². The van der Waals surface area contributed by atoms with Gasteiger partial charge in [0.1, 0.15) is 6.67 Å². The van der Waals surface area contributed by atoms with Gasteiger partial charge < -0.3 is 0 Å². The maximum absolute atomic E-state index is 12.7. The normalized spacial score (nSPS) is 11.7. The van der Waals surface area contributed by atoms with E-state index in [4.69, 9.17) is 13.0 Å². The Hall–Kier alpha value is -2.28. The van der Waals surface area contributed by atoms with Crippen LogP contribution < -0.4 is 15.9 Å². The highest BCUT2D eigenvalue weighted by Gasteiger charge is 2.44. The first-order valence-electron chi connectivity index (χ1n) is 8.22. The third kappa shape index (κ3) is 6.63. The van der Waals surface area contributed by atoms with Gasteiger partial charge in [-0.05, 0) is 29.4 Å². The van der Waals surface area contributed by atoms with Crippen LogP contribution in [0.15, 0.2) is 84.9 Å². The van der Waals surface area contributed by atoms with Gasteiger partial charge in [0.15, 0.2) is 0 Å². The molecule has 0 saturated carbocycles. The Morgan fingerprint density at radius 3 is 1.38 bits per heavy atom. The Kier molecular flexibility index (Phi) is 7.90. The highest BCUT2D eigenvalue weighted by atomic mass is 32.2. The molecule has 1 N–H and O–H groups in total. The van der Waals surface area contributed by atoms with Gasteiger partial charge in [0.2, 0.25) is 0 Å². The molecule has 3 rings (SSSR count). The first kappa shape index (κ1) is 23.0. The summed E-state index contributed by atoms with van der Waals surface area (Å²) in [6, 6.07) is 28.9. The fourth-order valence-electron chi connectivity index (χ4n) is 2.34. The Balaban J connectivity index is 0.000000321. The first-order valence-corrected chi connectivity index (χ1v) is 11.0. The van der Waals surface area contributed by atoms with Gasteiger partial charge in [0.05, 0.1) is 0 Å². The number of halogens is 4. The van der Waals surface area contributed by atoms with Gasteiger partial charge >= 0.3 is 15.6 Å². The third-order valence-electron chi connectivity index (χ3n) is 3.67. The van der Waals surface area contributed by atoms with Crippen molar-refractivity contribution in [2.45, 2.75) is 12.2 Å². The van der Waals surface area contributed by atoms with Crippen molar-refractivity contribution in [1.82, 2.24) is 0 Å². The molecule has 0 aliphatic carbocycles. The Morgan fingerprint density at radius 1 is 0.724 bits per heavy atom. The molecule has 0 saturated heterocycles. The standard InChI is InChI=1S/C19H16FP.CHF3O3S/c20-15-16-11-13-19(14-12-16)21(17-7-3-1-4-8-17)18-9-5-2-6-10-18;2-1(3,4)8(5,6)7/h1-14H,15H2;(H,5,6,7). The van der Waals surface area contributed by atoms with Gasteiger partial charge in [0.25, 0.3) is 0 Å². The highest BCUT2D eigenvalue weighted by molar-refractivity contribution is 7.86.